The van der Waals surface area contributed by atoms with Crippen LogP contribution in [0.4, 0.5) is 0 Å². The maximum Gasteiger partial charge on any atom is 0.0593 e. The highest BCUT2D eigenvalue weighted by molar-refractivity contribution is 4.70. The Bertz CT molecular complexity index is 122. The number of hydrogen-bond acceptors (Lipinski definition) is 3. The van der Waals surface area contributed by atoms with Gasteiger partial charge in [0.05, 0.1) is 6.61 Å². The fourth-order valence-electron chi connectivity index (χ4n) is 1.45. The molecule has 1 rings (SSSR count). The smallest absolute Gasteiger partial charge is 0.0593 e. The zero-order valence-corrected chi connectivity index (χ0v) is 8.67. The SMILES string of the molecule is [CH2-]N1CCN(CCOCCC)CC1. The van der Waals surface area contributed by atoms with Gasteiger partial charge in [-0.3, -0.25) is 11.9 Å². The molecular formula is C10H21N2O-. The van der Waals surface area contributed by atoms with E-state index in [2.05, 4.69) is 23.8 Å². The normalized spacial score (nSPS) is 20.8. The van der Waals surface area contributed by atoms with Crippen LogP contribution in [0.25, 0.3) is 0 Å². The largest absolute Gasteiger partial charge is 0.457 e. The molecule has 0 aliphatic carbocycles. The fourth-order valence-corrected chi connectivity index (χ4v) is 1.45. The van der Waals surface area contributed by atoms with Gasteiger partial charge in [0.25, 0.3) is 0 Å². The Kier molecular flexibility index (Phi) is 5.35. The summed E-state index contributed by atoms with van der Waals surface area (Å²) in [6.07, 6.45) is 1.12. The van der Waals surface area contributed by atoms with E-state index >= 15 is 0 Å². The van der Waals surface area contributed by atoms with Gasteiger partial charge in [-0.25, -0.2) is 0 Å². The van der Waals surface area contributed by atoms with E-state index in [1.165, 1.54) is 0 Å². The molecule has 1 aliphatic rings. The molecule has 13 heavy (non-hydrogen) atoms. The van der Waals surface area contributed by atoms with Crippen LogP contribution < -0.4 is 0 Å². The summed E-state index contributed by atoms with van der Waals surface area (Å²) in [5.41, 5.74) is 0. The van der Waals surface area contributed by atoms with Crippen molar-refractivity contribution in [2.45, 2.75) is 13.3 Å². The molecule has 1 saturated heterocycles. The van der Waals surface area contributed by atoms with Gasteiger partial charge in [-0.05, 0) is 19.5 Å². The van der Waals surface area contributed by atoms with Gasteiger partial charge < -0.3 is 9.64 Å². The third kappa shape index (κ3) is 4.60. The minimum Gasteiger partial charge on any atom is -0.457 e. The Balaban J connectivity index is 1.96. The monoisotopic (exact) mass is 185 g/mol. The first-order valence-corrected chi connectivity index (χ1v) is 5.18. The standard InChI is InChI=1S/C10H21N2O/c1-3-9-13-10-8-12-6-4-11(2)5-7-12/h2-10H2,1H3/q-1. The number of ether oxygens (including phenoxy) is 1. The van der Waals surface area contributed by atoms with Crippen LogP contribution >= 0.6 is 0 Å². The first-order chi connectivity index (χ1) is 6.33. The second-order valence-electron chi connectivity index (χ2n) is 3.57. The van der Waals surface area contributed by atoms with Gasteiger partial charge >= 0.3 is 0 Å². The third-order valence-electron chi connectivity index (χ3n) is 2.37. The fraction of sp³-hybridized carbons (Fsp3) is 0.900. The van der Waals surface area contributed by atoms with Crippen molar-refractivity contribution < 1.29 is 4.74 Å². The molecule has 3 nitrogen and oxygen atoms in total. The van der Waals surface area contributed by atoms with Crippen molar-refractivity contribution >= 4 is 0 Å². The molecule has 0 radical (unpaired) electrons. The van der Waals surface area contributed by atoms with Crippen LogP contribution in [0.3, 0.4) is 0 Å². The molecule has 0 aromatic heterocycles. The summed E-state index contributed by atoms with van der Waals surface area (Å²) in [6, 6.07) is 0. The Hall–Kier alpha value is -0.120. The number of piperazine rings is 1. The van der Waals surface area contributed by atoms with Crippen molar-refractivity contribution in [3.63, 3.8) is 0 Å². The zero-order chi connectivity index (χ0) is 9.52. The number of rotatable bonds is 5. The van der Waals surface area contributed by atoms with Gasteiger partial charge in [-0.2, -0.15) is 0 Å². The molecule has 0 bridgehead atoms. The van der Waals surface area contributed by atoms with Crippen molar-refractivity contribution in [3.8, 4) is 0 Å². The minimum atomic E-state index is 0.880. The van der Waals surface area contributed by atoms with E-state index in [1.54, 1.807) is 0 Å². The molecule has 0 saturated carbocycles. The lowest BCUT2D eigenvalue weighted by atomic mass is 10.3. The van der Waals surface area contributed by atoms with Gasteiger partial charge in [-0.15, -0.1) is 0 Å². The molecule has 1 heterocycles. The maximum atomic E-state index is 5.44. The summed E-state index contributed by atoms with van der Waals surface area (Å²) in [5.74, 6) is 0. The first kappa shape index (κ1) is 11.0. The second kappa shape index (κ2) is 6.35. The van der Waals surface area contributed by atoms with E-state index < -0.39 is 0 Å². The molecule has 0 amide bonds. The topological polar surface area (TPSA) is 15.7 Å². The summed E-state index contributed by atoms with van der Waals surface area (Å²) in [4.78, 5) is 4.57. The molecule has 0 aromatic rings. The molecule has 1 aliphatic heterocycles. The third-order valence-corrected chi connectivity index (χ3v) is 2.37. The summed E-state index contributed by atoms with van der Waals surface area (Å²) in [6.45, 7) is 9.45. The molecule has 0 unspecified atom stereocenters. The van der Waals surface area contributed by atoms with E-state index in [9.17, 15) is 0 Å². The minimum absolute atomic E-state index is 0.880. The van der Waals surface area contributed by atoms with Gasteiger partial charge in [0.15, 0.2) is 0 Å². The quantitative estimate of drug-likeness (QED) is 0.466. The van der Waals surface area contributed by atoms with Gasteiger partial charge in [0, 0.05) is 26.2 Å². The van der Waals surface area contributed by atoms with Crippen LogP contribution in [0, 0.1) is 7.05 Å². The molecule has 0 N–H and O–H groups in total. The van der Waals surface area contributed by atoms with Crippen LogP contribution in [0.5, 0.6) is 0 Å². The van der Waals surface area contributed by atoms with E-state index in [4.69, 9.17) is 4.74 Å². The summed E-state index contributed by atoms with van der Waals surface area (Å²) in [7, 11) is 3.92. The molecule has 0 aromatic carbocycles. The van der Waals surface area contributed by atoms with Crippen LogP contribution in [-0.4, -0.2) is 55.7 Å². The zero-order valence-electron chi connectivity index (χ0n) is 8.67. The highest BCUT2D eigenvalue weighted by atomic mass is 16.5. The summed E-state index contributed by atoms with van der Waals surface area (Å²) < 4.78 is 5.44. The van der Waals surface area contributed by atoms with Crippen LogP contribution in [-0.2, 0) is 4.74 Å². The number of nitrogens with zero attached hydrogens (tertiary/aromatic N) is 2. The molecule has 3 heteroatoms. The highest BCUT2D eigenvalue weighted by Gasteiger charge is 2.09. The summed E-state index contributed by atoms with van der Waals surface area (Å²) in [5, 5.41) is 0. The van der Waals surface area contributed by atoms with Crippen molar-refractivity contribution in [2.24, 2.45) is 0 Å². The second-order valence-corrected chi connectivity index (χ2v) is 3.57. The van der Waals surface area contributed by atoms with Crippen molar-refractivity contribution in [1.29, 1.82) is 0 Å². The van der Waals surface area contributed by atoms with Crippen LogP contribution in [0.1, 0.15) is 13.3 Å². The van der Waals surface area contributed by atoms with Gasteiger partial charge in [0.1, 0.15) is 0 Å². The van der Waals surface area contributed by atoms with Gasteiger partial charge in [0.2, 0.25) is 0 Å². The maximum absolute atomic E-state index is 5.44. The predicted molar refractivity (Wildman–Crippen MR) is 54.5 cm³/mol. The van der Waals surface area contributed by atoms with Crippen LogP contribution in [0.15, 0.2) is 0 Å². The molecule has 0 spiro atoms. The summed E-state index contributed by atoms with van der Waals surface area (Å²) >= 11 is 0. The highest BCUT2D eigenvalue weighted by Crippen LogP contribution is 1.99. The average molecular weight is 185 g/mol. The van der Waals surface area contributed by atoms with E-state index in [-0.39, 0.29) is 0 Å². The lowest BCUT2D eigenvalue weighted by Crippen LogP contribution is -2.44. The lowest BCUT2D eigenvalue weighted by molar-refractivity contribution is 0.0855. The van der Waals surface area contributed by atoms with Crippen molar-refractivity contribution in [1.82, 2.24) is 9.80 Å². The molecule has 0 atom stereocenters. The van der Waals surface area contributed by atoms with Gasteiger partial charge in [-0.1, -0.05) is 6.92 Å². The Morgan fingerprint density at radius 2 is 1.85 bits per heavy atom. The van der Waals surface area contributed by atoms with E-state index in [0.717, 1.165) is 52.4 Å². The Morgan fingerprint density at radius 3 is 2.46 bits per heavy atom. The molecular weight excluding hydrogens is 164 g/mol. The average Bonchev–Trinajstić information content (AvgIpc) is 2.15. The van der Waals surface area contributed by atoms with E-state index in [0.29, 0.717) is 0 Å². The van der Waals surface area contributed by atoms with Crippen molar-refractivity contribution in [3.05, 3.63) is 7.05 Å². The molecule has 78 valence electrons. The van der Waals surface area contributed by atoms with Crippen LogP contribution in [0.2, 0.25) is 0 Å². The Labute approximate surface area is 81.7 Å². The number of hydrogen-bond donors (Lipinski definition) is 0. The predicted octanol–water partition coefficient (Wildman–Crippen LogP) is 0.822. The lowest BCUT2D eigenvalue weighted by Gasteiger charge is -2.36. The van der Waals surface area contributed by atoms with E-state index in [1.807, 2.05) is 0 Å². The van der Waals surface area contributed by atoms with Crippen molar-refractivity contribution in [2.75, 3.05) is 45.9 Å². The Morgan fingerprint density at radius 1 is 1.15 bits per heavy atom. The first-order valence-electron chi connectivity index (χ1n) is 5.18. The molecule has 1 fully saturated rings.